The molecule has 3 rings (SSSR count). The second-order valence-electron chi connectivity index (χ2n) is 4.84. The summed E-state index contributed by atoms with van der Waals surface area (Å²) in [4.78, 5) is 5.70. The normalized spacial score (nSPS) is 12.6. The molecule has 20 heavy (non-hydrogen) atoms. The lowest BCUT2D eigenvalue weighted by atomic mass is 10.1. The highest BCUT2D eigenvalue weighted by molar-refractivity contribution is 7.16. The van der Waals surface area contributed by atoms with E-state index in [0.29, 0.717) is 0 Å². The largest absolute Gasteiger partial charge is 0.377 e. The van der Waals surface area contributed by atoms with E-state index in [9.17, 15) is 0 Å². The Morgan fingerprint density at radius 1 is 1.20 bits per heavy atom. The topological polar surface area (TPSA) is 24.9 Å². The minimum atomic E-state index is 0.221. The van der Waals surface area contributed by atoms with Crippen LogP contribution in [0.3, 0.4) is 0 Å². The van der Waals surface area contributed by atoms with Crippen molar-refractivity contribution < 1.29 is 0 Å². The van der Waals surface area contributed by atoms with E-state index in [1.165, 1.54) is 10.4 Å². The maximum absolute atomic E-state index is 6.00. The molecule has 0 amide bonds. The average molecular weight is 303 g/mol. The molecule has 4 heteroatoms. The molecule has 1 unspecified atom stereocenters. The number of aryl methyl sites for hydroxylation is 1. The number of hydrogen-bond donors (Lipinski definition) is 1. The Balaban J connectivity index is 1.97. The molecule has 0 saturated heterocycles. The third-order valence-electron chi connectivity index (χ3n) is 3.36. The van der Waals surface area contributed by atoms with Crippen molar-refractivity contribution in [1.82, 2.24) is 4.98 Å². The van der Waals surface area contributed by atoms with E-state index in [1.54, 1.807) is 11.3 Å². The van der Waals surface area contributed by atoms with Gasteiger partial charge in [0.2, 0.25) is 0 Å². The summed E-state index contributed by atoms with van der Waals surface area (Å²) in [5.41, 5.74) is 3.35. The zero-order valence-electron chi connectivity index (χ0n) is 11.4. The Bertz CT molecular complexity index is 751. The molecule has 102 valence electrons. The van der Waals surface area contributed by atoms with E-state index in [0.717, 1.165) is 20.9 Å². The van der Waals surface area contributed by atoms with Crippen LogP contribution in [0.1, 0.15) is 23.4 Å². The molecular weight excluding hydrogens is 288 g/mol. The molecule has 0 saturated carbocycles. The van der Waals surface area contributed by atoms with Crippen LogP contribution in [0.25, 0.3) is 10.9 Å². The molecule has 3 aromatic rings. The van der Waals surface area contributed by atoms with E-state index in [-0.39, 0.29) is 6.04 Å². The van der Waals surface area contributed by atoms with Crippen molar-refractivity contribution in [2.75, 3.05) is 5.32 Å². The van der Waals surface area contributed by atoms with Crippen LogP contribution in [-0.4, -0.2) is 4.98 Å². The average Bonchev–Trinajstić information content (AvgIpc) is 2.89. The van der Waals surface area contributed by atoms with Crippen molar-refractivity contribution in [3.05, 3.63) is 57.4 Å². The van der Waals surface area contributed by atoms with E-state index >= 15 is 0 Å². The summed E-state index contributed by atoms with van der Waals surface area (Å²) >= 11 is 7.61. The Labute approximate surface area is 127 Å². The Hall–Kier alpha value is -1.58. The van der Waals surface area contributed by atoms with Crippen molar-refractivity contribution in [2.45, 2.75) is 19.9 Å². The van der Waals surface area contributed by atoms with Gasteiger partial charge in [0.05, 0.1) is 15.9 Å². The van der Waals surface area contributed by atoms with E-state index in [1.807, 2.05) is 18.3 Å². The number of hydrogen-bond acceptors (Lipinski definition) is 3. The van der Waals surface area contributed by atoms with Gasteiger partial charge >= 0.3 is 0 Å². The zero-order chi connectivity index (χ0) is 14.1. The van der Waals surface area contributed by atoms with Crippen LogP contribution in [0.4, 0.5) is 5.69 Å². The van der Waals surface area contributed by atoms with Gasteiger partial charge in [0.15, 0.2) is 0 Å². The maximum Gasteiger partial charge on any atom is 0.0932 e. The van der Waals surface area contributed by atoms with Crippen molar-refractivity contribution in [2.24, 2.45) is 0 Å². The van der Waals surface area contributed by atoms with Crippen molar-refractivity contribution >= 4 is 39.5 Å². The SMILES string of the molecule is Cc1ccc(NC(C)c2ccc(Cl)s2)c2cccnc12. The molecule has 0 fully saturated rings. The van der Waals surface area contributed by atoms with E-state index < -0.39 is 0 Å². The molecule has 0 aliphatic heterocycles. The summed E-state index contributed by atoms with van der Waals surface area (Å²) < 4.78 is 0.823. The first-order valence-electron chi connectivity index (χ1n) is 6.51. The first-order chi connectivity index (χ1) is 9.65. The second kappa shape index (κ2) is 5.43. The standard InChI is InChI=1S/C16H15ClN2S/c1-10-5-6-13(12-4-3-9-18-16(10)12)19-11(2)14-7-8-15(17)20-14/h3-9,11,19H,1-2H3. The lowest BCUT2D eigenvalue weighted by Gasteiger charge is -2.16. The summed E-state index contributed by atoms with van der Waals surface area (Å²) in [6, 6.07) is 12.5. The molecular formula is C16H15ClN2S. The fourth-order valence-corrected chi connectivity index (χ4v) is 3.37. The van der Waals surface area contributed by atoms with Gasteiger partial charge in [-0.2, -0.15) is 0 Å². The number of fused-ring (bicyclic) bond motifs is 1. The highest BCUT2D eigenvalue weighted by atomic mass is 35.5. The Morgan fingerprint density at radius 2 is 2.05 bits per heavy atom. The molecule has 0 aliphatic rings. The molecule has 1 N–H and O–H groups in total. The van der Waals surface area contributed by atoms with Crippen LogP contribution < -0.4 is 5.32 Å². The lowest BCUT2D eigenvalue weighted by molar-refractivity contribution is 0.910. The molecule has 0 aliphatic carbocycles. The summed E-state index contributed by atoms with van der Waals surface area (Å²) in [5.74, 6) is 0. The van der Waals surface area contributed by atoms with Gasteiger partial charge in [0.25, 0.3) is 0 Å². The van der Waals surface area contributed by atoms with Crippen LogP contribution in [0, 0.1) is 6.92 Å². The fourth-order valence-electron chi connectivity index (χ4n) is 2.31. The van der Waals surface area contributed by atoms with E-state index in [4.69, 9.17) is 11.6 Å². The predicted octanol–water partition coefficient (Wildman–Crippen LogP) is 5.43. The monoisotopic (exact) mass is 302 g/mol. The number of thiophene rings is 1. The highest BCUT2D eigenvalue weighted by Gasteiger charge is 2.10. The van der Waals surface area contributed by atoms with Gasteiger partial charge in [0.1, 0.15) is 0 Å². The summed E-state index contributed by atoms with van der Waals surface area (Å²) in [7, 11) is 0. The van der Waals surface area contributed by atoms with Crippen molar-refractivity contribution in [3.8, 4) is 0 Å². The predicted molar refractivity (Wildman–Crippen MR) is 87.8 cm³/mol. The number of anilines is 1. The quantitative estimate of drug-likeness (QED) is 0.697. The van der Waals surface area contributed by atoms with Gasteiger partial charge < -0.3 is 5.32 Å². The third kappa shape index (κ3) is 2.51. The molecule has 0 spiro atoms. The summed E-state index contributed by atoms with van der Waals surface area (Å²) in [5, 5.41) is 4.71. The van der Waals surface area contributed by atoms with Gasteiger partial charge in [0, 0.05) is 22.1 Å². The number of benzene rings is 1. The molecule has 2 nitrogen and oxygen atoms in total. The number of halogens is 1. The minimum absolute atomic E-state index is 0.221. The van der Waals surface area contributed by atoms with Gasteiger partial charge in [-0.15, -0.1) is 11.3 Å². The molecule has 1 atom stereocenters. The van der Waals surface area contributed by atoms with Crippen LogP contribution >= 0.6 is 22.9 Å². The van der Waals surface area contributed by atoms with Crippen LogP contribution in [0.5, 0.6) is 0 Å². The minimum Gasteiger partial charge on any atom is -0.377 e. The fraction of sp³-hybridized carbons (Fsp3) is 0.188. The molecule has 0 radical (unpaired) electrons. The molecule has 1 aromatic carbocycles. The van der Waals surface area contributed by atoms with Gasteiger partial charge in [-0.3, -0.25) is 4.98 Å². The smallest absolute Gasteiger partial charge is 0.0932 e. The first kappa shape index (κ1) is 13.4. The third-order valence-corrected chi connectivity index (χ3v) is 4.78. The number of nitrogens with zero attached hydrogens (tertiary/aromatic N) is 1. The zero-order valence-corrected chi connectivity index (χ0v) is 12.9. The van der Waals surface area contributed by atoms with Gasteiger partial charge in [-0.1, -0.05) is 17.7 Å². The summed E-state index contributed by atoms with van der Waals surface area (Å²) in [6.07, 6.45) is 1.83. The first-order valence-corrected chi connectivity index (χ1v) is 7.70. The maximum atomic E-state index is 6.00. The molecule has 0 bridgehead atoms. The van der Waals surface area contributed by atoms with Gasteiger partial charge in [-0.25, -0.2) is 0 Å². The van der Waals surface area contributed by atoms with Gasteiger partial charge in [-0.05, 0) is 49.7 Å². The molecule has 2 heterocycles. The number of nitrogens with one attached hydrogen (secondary N) is 1. The summed E-state index contributed by atoms with van der Waals surface area (Å²) in [6.45, 7) is 4.23. The number of pyridine rings is 1. The Kier molecular flexibility index (Phi) is 3.64. The Morgan fingerprint density at radius 3 is 2.80 bits per heavy atom. The highest BCUT2D eigenvalue weighted by Crippen LogP contribution is 2.31. The number of aromatic nitrogens is 1. The molecule has 2 aromatic heterocycles. The second-order valence-corrected chi connectivity index (χ2v) is 6.58. The van der Waals surface area contributed by atoms with Crippen LogP contribution in [0.2, 0.25) is 4.34 Å². The van der Waals surface area contributed by atoms with Crippen LogP contribution in [-0.2, 0) is 0 Å². The van der Waals surface area contributed by atoms with Crippen LogP contribution in [0.15, 0.2) is 42.6 Å². The van der Waals surface area contributed by atoms with E-state index in [2.05, 4.69) is 48.4 Å². The lowest BCUT2D eigenvalue weighted by Crippen LogP contribution is -2.05. The van der Waals surface area contributed by atoms with Crippen molar-refractivity contribution in [1.29, 1.82) is 0 Å². The van der Waals surface area contributed by atoms with Crippen molar-refractivity contribution in [3.63, 3.8) is 0 Å². The number of rotatable bonds is 3.